The quantitative estimate of drug-likeness (QED) is 0.122. The summed E-state index contributed by atoms with van der Waals surface area (Å²) in [7, 11) is -2.98. The first-order valence-corrected chi connectivity index (χ1v) is 21.9. The van der Waals surface area contributed by atoms with Crippen LogP contribution in [0.1, 0.15) is 0 Å². The second-order valence-corrected chi connectivity index (χ2v) is 19.0. The maximum absolute atomic E-state index is 6.49. The van der Waals surface area contributed by atoms with Crippen LogP contribution in [0.2, 0.25) is 0 Å². The number of fused-ring (bicyclic) bond motifs is 10. The van der Waals surface area contributed by atoms with E-state index < -0.39 is 8.07 Å². The second-order valence-electron chi connectivity index (χ2n) is 15.2. The molecule has 0 amide bonds. The Morgan fingerprint density at radius 3 is 1.57 bits per heavy atom. The molecule has 0 fully saturated rings. The molecule has 4 heteroatoms. The van der Waals surface area contributed by atoms with Crippen molar-refractivity contribution in [2.24, 2.45) is 0 Å². The van der Waals surface area contributed by atoms with Crippen LogP contribution >= 0.6 is 0 Å². The van der Waals surface area contributed by atoms with E-state index in [1.165, 1.54) is 64.4 Å². The van der Waals surface area contributed by atoms with E-state index in [1.807, 2.05) is 0 Å². The molecule has 272 valence electrons. The Morgan fingerprint density at radius 1 is 0.310 bits per heavy atom. The Kier molecular flexibility index (Phi) is 7.25. The molecule has 0 spiro atoms. The van der Waals surface area contributed by atoms with Crippen molar-refractivity contribution in [3.63, 3.8) is 0 Å². The predicted octanol–water partition coefficient (Wildman–Crippen LogP) is 11.2. The zero-order chi connectivity index (χ0) is 38.2. The lowest BCUT2D eigenvalue weighted by atomic mass is 10.1. The van der Waals surface area contributed by atoms with Gasteiger partial charge in [-0.25, -0.2) is 0 Å². The molecule has 0 radical (unpaired) electrons. The lowest BCUT2D eigenvalue weighted by molar-refractivity contribution is 0.669. The van der Waals surface area contributed by atoms with Gasteiger partial charge >= 0.3 is 0 Å². The minimum absolute atomic E-state index is 0.897. The molecule has 0 aliphatic rings. The van der Waals surface area contributed by atoms with E-state index in [9.17, 15) is 0 Å². The fourth-order valence-electron chi connectivity index (χ4n) is 9.85. The SMILES string of the molecule is c1ccc(-n2c3ccccc3c3cc([Si](c4ccccc4)(c4ccccc4)c4cccc(-n5c6ccccc6c6ccc7oc8ccccc8c7c65)c4)ccc32)cc1. The normalized spacial score (nSPS) is 12.1. The van der Waals surface area contributed by atoms with E-state index in [2.05, 4.69) is 228 Å². The summed E-state index contributed by atoms with van der Waals surface area (Å²) in [4.78, 5) is 0. The molecule has 0 aliphatic heterocycles. The number of para-hydroxylation sites is 4. The van der Waals surface area contributed by atoms with Gasteiger partial charge < -0.3 is 13.6 Å². The van der Waals surface area contributed by atoms with E-state index in [4.69, 9.17) is 4.42 Å². The smallest absolute Gasteiger partial charge is 0.179 e. The molecule has 0 unspecified atom stereocenters. The van der Waals surface area contributed by atoms with Crippen LogP contribution in [0.15, 0.2) is 223 Å². The molecule has 3 heterocycles. The number of hydrogen-bond acceptors (Lipinski definition) is 1. The maximum Gasteiger partial charge on any atom is 0.179 e. The number of rotatable bonds is 6. The summed E-state index contributed by atoms with van der Waals surface area (Å²) in [6.07, 6.45) is 0. The highest BCUT2D eigenvalue weighted by molar-refractivity contribution is 7.20. The largest absolute Gasteiger partial charge is 0.456 e. The summed E-state index contributed by atoms with van der Waals surface area (Å²) in [6.45, 7) is 0. The molecule has 58 heavy (non-hydrogen) atoms. The summed E-state index contributed by atoms with van der Waals surface area (Å²) in [5.74, 6) is 0. The highest BCUT2D eigenvalue weighted by Gasteiger charge is 2.42. The van der Waals surface area contributed by atoms with Gasteiger partial charge in [-0.3, -0.25) is 0 Å². The summed E-state index contributed by atoms with van der Waals surface area (Å²) in [5.41, 5.74) is 8.85. The van der Waals surface area contributed by atoms with Crippen LogP contribution in [0.25, 0.3) is 76.9 Å². The molecule has 0 aliphatic carbocycles. The first-order chi connectivity index (χ1) is 28.8. The van der Waals surface area contributed by atoms with Crippen molar-refractivity contribution in [3.8, 4) is 11.4 Å². The van der Waals surface area contributed by atoms with Gasteiger partial charge in [-0.2, -0.15) is 0 Å². The Bertz CT molecular complexity index is 3470. The van der Waals surface area contributed by atoms with E-state index in [0.29, 0.717) is 0 Å². The molecule has 0 bridgehead atoms. The van der Waals surface area contributed by atoms with Gasteiger partial charge in [-0.15, -0.1) is 0 Å². The number of furan rings is 1. The van der Waals surface area contributed by atoms with Crippen molar-refractivity contribution in [1.82, 2.24) is 9.13 Å². The van der Waals surface area contributed by atoms with Gasteiger partial charge in [0.05, 0.1) is 27.5 Å². The Morgan fingerprint density at radius 2 is 0.845 bits per heavy atom. The van der Waals surface area contributed by atoms with Crippen LogP contribution in [-0.4, -0.2) is 17.2 Å². The van der Waals surface area contributed by atoms with Crippen molar-refractivity contribution in [3.05, 3.63) is 218 Å². The van der Waals surface area contributed by atoms with Gasteiger partial charge in [0.15, 0.2) is 8.07 Å². The molecule has 0 saturated carbocycles. The zero-order valence-electron chi connectivity index (χ0n) is 31.6. The van der Waals surface area contributed by atoms with Crippen molar-refractivity contribution in [2.45, 2.75) is 0 Å². The van der Waals surface area contributed by atoms with Crippen LogP contribution in [0, 0.1) is 0 Å². The number of benzene rings is 9. The summed E-state index contributed by atoms with van der Waals surface area (Å²) < 4.78 is 11.4. The highest BCUT2D eigenvalue weighted by atomic mass is 28.3. The average Bonchev–Trinajstić information content (AvgIpc) is 3.95. The van der Waals surface area contributed by atoms with Crippen LogP contribution < -0.4 is 20.7 Å². The third kappa shape index (κ3) is 4.67. The third-order valence-corrected chi connectivity index (χ3v) is 17.0. The molecule has 0 atom stereocenters. The van der Waals surface area contributed by atoms with Gasteiger partial charge in [0.2, 0.25) is 0 Å². The maximum atomic E-state index is 6.49. The molecule has 3 nitrogen and oxygen atoms in total. The molecular weight excluding hydrogens is 721 g/mol. The Labute approximate surface area is 336 Å². The number of hydrogen-bond donors (Lipinski definition) is 0. The molecule has 3 aromatic heterocycles. The molecule has 9 aromatic carbocycles. The van der Waals surface area contributed by atoms with Gasteiger partial charge in [-0.05, 0) is 81.4 Å². The highest BCUT2D eigenvalue weighted by Crippen LogP contribution is 2.41. The minimum Gasteiger partial charge on any atom is -0.456 e. The van der Waals surface area contributed by atoms with Gasteiger partial charge in [0.25, 0.3) is 0 Å². The van der Waals surface area contributed by atoms with Crippen LogP contribution in [0.3, 0.4) is 0 Å². The molecule has 12 rings (SSSR count). The van der Waals surface area contributed by atoms with E-state index in [1.54, 1.807) is 0 Å². The third-order valence-electron chi connectivity index (χ3n) is 12.2. The van der Waals surface area contributed by atoms with Gasteiger partial charge in [-0.1, -0.05) is 158 Å². The number of nitrogens with zero attached hydrogens (tertiary/aromatic N) is 2. The topological polar surface area (TPSA) is 23.0 Å². The Balaban J connectivity index is 1.19. The standard InChI is InChI=1S/C54H36N2OSi/c1-4-17-37(18-5-1)55-48-28-13-11-26-44(48)47-36-42(31-33-50(47)55)58(39-20-6-2-7-21-39,40-22-8-3-9-23-40)41-24-16-19-38(35-41)56-49-29-14-10-25-43(49)45-32-34-52-53(54(45)56)46-27-12-15-30-51(46)57-52/h1-36H. The lowest BCUT2D eigenvalue weighted by Gasteiger charge is -2.35. The van der Waals surface area contributed by atoms with Crippen molar-refractivity contribution < 1.29 is 4.42 Å². The predicted molar refractivity (Wildman–Crippen MR) is 246 cm³/mol. The van der Waals surface area contributed by atoms with E-state index in [-0.39, 0.29) is 0 Å². The van der Waals surface area contributed by atoms with Crippen LogP contribution in [0.5, 0.6) is 0 Å². The lowest BCUT2D eigenvalue weighted by Crippen LogP contribution is -2.74. The Hall–Kier alpha value is -7.40. The van der Waals surface area contributed by atoms with Crippen LogP contribution in [0.4, 0.5) is 0 Å². The second kappa shape index (κ2) is 12.8. The average molecular weight is 757 g/mol. The summed E-state index contributed by atoms with van der Waals surface area (Å²) >= 11 is 0. The summed E-state index contributed by atoms with van der Waals surface area (Å²) in [5, 5.41) is 12.6. The monoisotopic (exact) mass is 756 g/mol. The molecule has 12 aromatic rings. The zero-order valence-corrected chi connectivity index (χ0v) is 32.6. The van der Waals surface area contributed by atoms with E-state index >= 15 is 0 Å². The first-order valence-electron chi connectivity index (χ1n) is 19.9. The van der Waals surface area contributed by atoms with Gasteiger partial charge in [0, 0.05) is 38.3 Å². The molecule has 0 N–H and O–H groups in total. The minimum atomic E-state index is -2.98. The fourth-order valence-corrected chi connectivity index (χ4v) is 14.6. The molecular formula is C54H36N2OSi. The van der Waals surface area contributed by atoms with Crippen LogP contribution in [-0.2, 0) is 0 Å². The van der Waals surface area contributed by atoms with Crippen molar-refractivity contribution >= 4 is 94.4 Å². The first kappa shape index (κ1) is 32.8. The van der Waals surface area contributed by atoms with E-state index in [0.717, 1.165) is 33.3 Å². The van der Waals surface area contributed by atoms with Crippen molar-refractivity contribution in [1.29, 1.82) is 0 Å². The fraction of sp³-hybridized carbons (Fsp3) is 0. The van der Waals surface area contributed by atoms with Crippen molar-refractivity contribution in [2.75, 3.05) is 0 Å². The molecule has 0 saturated heterocycles. The number of aromatic nitrogens is 2. The summed E-state index contributed by atoms with van der Waals surface area (Å²) in [6, 6.07) is 80.4. The van der Waals surface area contributed by atoms with Gasteiger partial charge in [0.1, 0.15) is 11.2 Å².